The lowest BCUT2D eigenvalue weighted by molar-refractivity contribution is -0.114. The van der Waals surface area contributed by atoms with Gasteiger partial charge in [0.25, 0.3) is 0 Å². The van der Waals surface area contributed by atoms with E-state index in [-0.39, 0.29) is 5.91 Å². The minimum absolute atomic E-state index is 0.0723. The second-order valence-corrected chi connectivity index (χ2v) is 6.38. The molecule has 5 heteroatoms. The fourth-order valence-corrected chi connectivity index (χ4v) is 3.13. The van der Waals surface area contributed by atoms with Gasteiger partial charge in [-0.15, -0.1) is 11.3 Å². The number of aryl methyl sites for hydroxylation is 1. The van der Waals surface area contributed by atoms with E-state index in [9.17, 15) is 4.79 Å². The number of thiazole rings is 1. The number of hydrogen-bond donors (Lipinski definition) is 2. The van der Waals surface area contributed by atoms with Crippen molar-refractivity contribution in [2.75, 3.05) is 10.6 Å². The van der Waals surface area contributed by atoms with E-state index in [0.29, 0.717) is 0 Å². The van der Waals surface area contributed by atoms with Crippen LogP contribution in [-0.2, 0) is 4.79 Å². The Morgan fingerprint density at radius 3 is 2.35 bits per heavy atom. The third-order valence-electron chi connectivity index (χ3n) is 3.30. The molecule has 0 atom stereocenters. The van der Waals surface area contributed by atoms with Crippen LogP contribution in [0.2, 0.25) is 0 Å². The van der Waals surface area contributed by atoms with Crippen LogP contribution in [0.15, 0.2) is 54.6 Å². The number of carbonyl (C=O) groups excluding carboxylic acids is 1. The number of benzene rings is 2. The first kappa shape index (κ1) is 15.2. The molecule has 3 aromatic rings. The van der Waals surface area contributed by atoms with Gasteiger partial charge in [0, 0.05) is 28.7 Å². The largest absolute Gasteiger partial charge is 0.332 e. The van der Waals surface area contributed by atoms with Gasteiger partial charge < -0.3 is 10.6 Å². The standard InChI is InChI=1S/C18H17N3OS/c1-12-17(14-8-10-16(11-9-14)19-13(2)22)21-18(23-12)20-15-6-4-3-5-7-15/h3-11H,1-2H3,(H,19,22)(H,20,21). The zero-order valence-corrected chi connectivity index (χ0v) is 13.8. The molecule has 0 aliphatic heterocycles. The molecule has 116 valence electrons. The van der Waals surface area contributed by atoms with Gasteiger partial charge in [-0.25, -0.2) is 4.98 Å². The van der Waals surface area contributed by atoms with E-state index in [2.05, 4.69) is 22.5 Å². The summed E-state index contributed by atoms with van der Waals surface area (Å²) in [4.78, 5) is 16.9. The first-order chi connectivity index (χ1) is 11.1. The highest BCUT2D eigenvalue weighted by Crippen LogP contribution is 2.32. The minimum atomic E-state index is -0.0723. The quantitative estimate of drug-likeness (QED) is 0.723. The molecule has 0 fully saturated rings. The summed E-state index contributed by atoms with van der Waals surface area (Å²) in [6, 6.07) is 17.7. The molecule has 0 saturated carbocycles. The van der Waals surface area contributed by atoms with Gasteiger partial charge in [0.1, 0.15) is 0 Å². The second kappa shape index (κ2) is 6.62. The number of rotatable bonds is 4. The molecule has 0 aliphatic rings. The number of para-hydroxylation sites is 1. The maximum atomic E-state index is 11.1. The Labute approximate surface area is 139 Å². The molecule has 0 aliphatic carbocycles. The smallest absolute Gasteiger partial charge is 0.221 e. The molecule has 4 nitrogen and oxygen atoms in total. The Bertz CT molecular complexity index is 810. The van der Waals surface area contributed by atoms with Crippen molar-refractivity contribution in [2.24, 2.45) is 0 Å². The van der Waals surface area contributed by atoms with Gasteiger partial charge in [-0.1, -0.05) is 30.3 Å². The molecule has 1 amide bonds. The van der Waals surface area contributed by atoms with E-state index < -0.39 is 0 Å². The fraction of sp³-hybridized carbons (Fsp3) is 0.111. The highest BCUT2D eigenvalue weighted by atomic mass is 32.1. The molecule has 23 heavy (non-hydrogen) atoms. The van der Waals surface area contributed by atoms with Crippen molar-refractivity contribution in [1.29, 1.82) is 0 Å². The lowest BCUT2D eigenvalue weighted by Gasteiger charge is -2.03. The third kappa shape index (κ3) is 3.76. The first-order valence-electron chi connectivity index (χ1n) is 7.29. The Kier molecular flexibility index (Phi) is 4.39. The predicted octanol–water partition coefficient (Wildman–Crippen LogP) is 4.82. The number of nitrogens with zero attached hydrogens (tertiary/aromatic N) is 1. The SMILES string of the molecule is CC(=O)Nc1ccc(-c2nc(Nc3ccccc3)sc2C)cc1. The Morgan fingerprint density at radius 1 is 1.00 bits per heavy atom. The normalized spacial score (nSPS) is 10.3. The minimum Gasteiger partial charge on any atom is -0.332 e. The molecular weight excluding hydrogens is 306 g/mol. The van der Waals surface area contributed by atoms with Crippen molar-refractivity contribution >= 4 is 33.8 Å². The van der Waals surface area contributed by atoms with Crippen LogP contribution >= 0.6 is 11.3 Å². The Balaban J connectivity index is 1.82. The number of aromatic nitrogens is 1. The van der Waals surface area contributed by atoms with Crippen LogP contribution in [0.25, 0.3) is 11.3 Å². The summed E-state index contributed by atoms with van der Waals surface area (Å²) < 4.78 is 0. The van der Waals surface area contributed by atoms with Crippen molar-refractivity contribution in [3.8, 4) is 11.3 Å². The van der Waals surface area contributed by atoms with E-state index in [0.717, 1.165) is 32.6 Å². The summed E-state index contributed by atoms with van der Waals surface area (Å²) in [7, 11) is 0. The van der Waals surface area contributed by atoms with Crippen molar-refractivity contribution in [3.63, 3.8) is 0 Å². The summed E-state index contributed by atoms with van der Waals surface area (Å²) in [5.41, 5.74) is 3.81. The summed E-state index contributed by atoms with van der Waals surface area (Å²) in [6.45, 7) is 3.56. The van der Waals surface area contributed by atoms with E-state index in [4.69, 9.17) is 0 Å². The molecule has 0 radical (unpaired) electrons. The Hall–Kier alpha value is -2.66. The lowest BCUT2D eigenvalue weighted by Crippen LogP contribution is -2.05. The lowest BCUT2D eigenvalue weighted by atomic mass is 10.1. The van der Waals surface area contributed by atoms with Crippen LogP contribution in [0.1, 0.15) is 11.8 Å². The average Bonchev–Trinajstić information content (AvgIpc) is 2.89. The number of carbonyl (C=O) groups is 1. The molecule has 1 heterocycles. The van der Waals surface area contributed by atoms with Crippen LogP contribution < -0.4 is 10.6 Å². The first-order valence-corrected chi connectivity index (χ1v) is 8.11. The van der Waals surface area contributed by atoms with Crippen LogP contribution in [0.4, 0.5) is 16.5 Å². The molecule has 2 aromatic carbocycles. The van der Waals surface area contributed by atoms with Crippen molar-refractivity contribution < 1.29 is 4.79 Å². The monoisotopic (exact) mass is 323 g/mol. The fourth-order valence-electron chi connectivity index (χ4n) is 2.28. The third-order valence-corrected chi connectivity index (χ3v) is 4.19. The zero-order chi connectivity index (χ0) is 16.2. The number of anilines is 3. The van der Waals surface area contributed by atoms with Gasteiger partial charge in [-0.2, -0.15) is 0 Å². The second-order valence-electron chi connectivity index (χ2n) is 5.17. The molecule has 0 bridgehead atoms. The number of hydrogen-bond acceptors (Lipinski definition) is 4. The molecule has 0 spiro atoms. The molecule has 1 aromatic heterocycles. The van der Waals surface area contributed by atoms with E-state index >= 15 is 0 Å². The van der Waals surface area contributed by atoms with Crippen molar-refractivity contribution in [2.45, 2.75) is 13.8 Å². The maximum absolute atomic E-state index is 11.1. The summed E-state index contributed by atoms with van der Waals surface area (Å²) >= 11 is 1.63. The summed E-state index contributed by atoms with van der Waals surface area (Å²) in [6.07, 6.45) is 0. The van der Waals surface area contributed by atoms with Gasteiger partial charge in [-0.05, 0) is 31.2 Å². The average molecular weight is 323 g/mol. The highest BCUT2D eigenvalue weighted by Gasteiger charge is 2.10. The van der Waals surface area contributed by atoms with Gasteiger partial charge >= 0.3 is 0 Å². The topological polar surface area (TPSA) is 54.0 Å². The van der Waals surface area contributed by atoms with Crippen molar-refractivity contribution in [3.05, 3.63) is 59.5 Å². The summed E-state index contributed by atoms with van der Waals surface area (Å²) in [5.74, 6) is -0.0723. The van der Waals surface area contributed by atoms with Gasteiger partial charge in [0.15, 0.2) is 5.13 Å². The van der Waals surface area contributed by atoms with Gasteiger partial charge in [0.2, 0.25) is 5.91 Å². The molecular formula is C18H17N3OS. The van der Waals surface area contributed by atoms with E-state index in [1.807, 2.05) is 54.6 Å². The number of amides is 1. The van der Waals surface area contributed by atoms with Crippen LogP contribution in [0.5, 0.6) is 0 Å². The van der Waals surface area contributed by atoms with Crippen LogP contribution in [-0.4, -0.2) is 10.9 Å². The van der Waals surface area contributed by atoms with Gasteiger partial charge in [0.05, 0.1) is 5.69 Å². The highest BCUT2D eigenvalue weighted by molar-refractivity contribution is 7.16. The Morgan fingerprint density at radius 2 is 1.70 bits per heavy atom. The molecule has 0 unspecified atom stereocenters. The molecule has 2 N–H and O–H groups in total. The van der Waals surface area contributed by atoms with Gasteiger partial charge in [-0.3, -0.25) is 4.79 Å². The van der Waals surface area contributed by atoms with E-state index in [1.165, 1.54) is 6.92 Å². The molecule has 0 saturated heterocycles. The van der Waals surface area contributed by atoms with E-state index in [1.54, 1.807) is 11.3 Å². The maximum Gasteiger partial charge on any atom is 0.221 e. The van der Waals surface area contributed by atoms with Crippen LogP contribution in [0, 0.1) is 6.92 Å². The number of nitrogens with one attached hydrogen (secondary N) is 2. The zero-order valence-electron chi connectivity index (χ0n) is 13.0. The van der Waals surface area contributed by atoms with Crippen LogP contribution in [0.3, 0.4) is 0 Å². The van der Waals surface area contributed by atoms with Crippen molar-refractivity contribution in [1.82, 2.24) is 4.98 Å². The predicted molar refractivity (Wildman–Crippen MR) is 96.3 cm³/mol. The molecule has 3 rings (SSSR count). The summed E-state index contributed by atoms with van der Waals surface area (Å²) in [5, 5.41) is 6.96.